The molecule has 0 aromatic carbocycles. The van der Waals surface area contributed by atoms with E-state index in [4.69, 9.17) is 4.98 Å². The van der Waals surface area contributed by atoms with Crippen LogP contribution in [0.25, 0.3) is 5.65 Å². The van der Waals surface area contributed by atoms with E-state index in [9.17, 15) is 0 Å². The first-order chi connectivity index (χ1) is 14.7. The van der Waals surface area contributed by atoms with Gasteiger partial charge in [-0.15, -0.1) is 21.5 Å². The van der Waals surface area contributed by atoms with Crippen molar-refractivity contribution in [2.24, 2.45) is 10.9 Å². The van der Waals surface area contributed by atoms with Crippen LogP contribution in [0.4, 0.5) is 0 Å². The molecule has 0 bridgehead atoms. The molecule has 0 unspecified atom stereocenters. The molecular weight excluding hydrogens is 396 g/mol. The van der Waals surface area contributed by atoms with Crippen molar-refractivity contribution in [1.82, 2.24) is 35.1 Å². The van der Waals surface area contributed by atoms with Crippen molar-refractivity contribution in [3.63, 3.8) is 0 Å². The highest BCUT2D eigenvalue weighted by molar-refractivity contribution is 7.09. The summed E-state index contributed by atoms with van der Waals surface area (Å²) in [7, 11) is 1.80. The van der Waals surface area contributed by atoms with Crippen LogP contribution in [0.5, 0.6) is 0 Å². The van der Waals surface area contributed by atoms with E-state index in [-0.39, 0.29) is 0 Å². The smallest absolute Gasteiger partial charge is 0.191 e. The molecule has 1 fully saturated rings. The van der Waals surface area contributed by atoms with Gasteiger partial charge in [-0.2, -0.15) is 0 Å². The first kappa shape index (κ1) is 20.7. The number of nitrogens with zero attached hydrogens (tertiary/aromatic N) is 6. The van der Waals surface area contributed by atoms with E-state index in [0.717, 1.165) is 50.0 Å². The van der Waals surface area contributed by atoms with Crippen molar-refractivity contribution < 1.29 is 0 Å². The van der Waals surface area contributed by atoms with Gasteiger partial charge in [-0.1, -0.05) is 13.0 Å². The van der Waals surface area contributed by atoms with Crippen molar-refractivity contribution in [2.45, 2.75) is 39.3 Å². The first-order valence-electron chi connectivity index (χ1n) is 10.6. The molecule has 0 spiro atoms. The predicted octanol–water partition coefficient (Wildman–Crippen LogP) is 2.33. The van der Waals surface area contributed by atoms with Crippen LogP contribution in [0.3, 0.4) is 0 Å². The van der Waals surface area contributed by atoms with Crippen LogP contribution in [0.2, 0.25) is 0 Å². The summed E-state index contributed by atoms with van der Waals surface area (Å²) in [6.45, 7) is 6.91. The van der Waals surface area contributed by atoms with E-state index in [2.05, 4.69) is 43.0 Å². The van der Waals surface area contributed by atoms with Gasteiger partial charge in [0.1, 0.15) is 0 Å². The molecule has 1 aliphatic rings. The van der Waals surface area contributed by atoms with Gasteiger partial charge in [-0.3, -0.25) is 14.3 Å². The molecule has 3 aromatic rings. The summed E-state index contributed by atoms with van der Waals surface area (Å²) in [4.78, 5) is 11.6. The molecule has 0 radical (unpaired) electrons. The number of nitrogens with one attached hydrogen (secondary N) is 2. The SMILES string of the molecule is CCc1nc(CN2CCC(CNC(=NC)NCc3nnc4ccccn34)CC2)cs1. The Hall–Kier alpha value is -2.52. The highest BCUT2D eigenvalue weighted by Gasteiger charge is 2.20. The second kappa shape index (κ2) is 9.99. The molecule has 0 aliphatic carbocycles. The molecule has 3 aromatic heterocycles. The number of likely N-dealkylation sites (tertiary alicyclic amines) is 1. The summed E-state index contributed by atoms with van der Waals surface area (Å²) in [6.07, 6.45) is 5.40. The van der Waals surface area contributed by atoms with Gasteiger partial charge in [-0.05, 0) is 50.4 Å². The summed E-state index contributed by atoms with van der Waals surface area (Å²) < 4.78 is 1.99. The van der Waals surface area contributed by atoms with Crippen LogP contribution in [-0.2, 0) is 19.5 Å². The number of guanidine groups is 1. The highest BCUT2D eigenvalue weighted by atomic mass is 32.1. The molecule has 8 nitrogen and oxygen atoms in total. The van der Waals surface area contributed by atoms with Crippen LogP contribution in [0.1, 0.15) is 36.3 Å². The fourth-order valence-corrected chi connectivity index (χ4v) is 4.53. The molecule has 0 saturated carbocycles. The second-order valence-electron chi connectivity index (χ2n) is 7.66. The maximum atomic E-state index is 4.70. The van der Waals surface area contributed by atoms with E-state index in [1.807, 2.05) is 28.8 Å². The lowest BCUT2D eigenvalue weighted by molar-refractivity contribution is 0.176. The molecule has 4 heterocycles. The van der Waals surface area contributed by atoms with Gasteiger partial charge >= 0.3 is 0 Å². The zero-order valence-electron chi connectivity index (χ0n) is 17.7. The summed E-state index contributed by atoms with van der Waals surface area (Å²) in [5.41, 5.74) is 2.08. The number of piperidine rings is 1. The van der Waals surface area contributed by atoms with Crippen LogP contribution in [0, 0.1) is 5.92 Å². The van der Waals surface area contributed by atoms with E-state index in [0.29, 0.717) is 12.5 Å². The Bertz CT molecular complexity index is 970. The fourth-order valence-electron chi connectivity index (χ4n) is 3.80. The number of hydrogen-bond acceptors (Lipinski definition) is 6. The van der Waals surface area contributed by atoms with Crippen molar-refractivity contribution in [3.8, 4) is 0 Å². The second-order valence-corrected chi connectivity index (χ2v) is 8.60. The van der Waals surface area contributed by atoms with Gasteiger partial charge in [-0.25, -0.2) is 4.98 Å². The topological polar surface area (TPSA) is 82.7 Å². The molecule has 30 heavy (non-hydrogen) atoms. The molecule has 160 valence electrons. The van der Waals surface area contributed by atoms with E-state index < -0.39 is 0 Å². The quantitative estimate of drug-likeness (QED) is 0.446. The number of aromatic nitrogens is 4. The third kappa shape index (κ3) is 5.14. The highest BCUT2D eigenvalue weighted by Crippen LogP contribution is 2.19. The molecule has 9 heteroatoms. The third-order valence-electron chi connectivity index (χ3n) is 5.57. The van der Waals surface area contributed by atoms with Crippen molar-refractivity contribution in [1.29, 1.82) is 0 Å². The third-order valence-corrected chi connectivity index (χ3v) is 6.62. The fraction of sp³-hybridized carbons (Fsp3) is 0.524. The molecule has 4 rings (SSSR count). The molecule has 0 atom stereocenters. The van der Waals surface area contributed by atoms with Crippen LogP contribution < -0.4 is 10.6 Å². The Morgan fingerprint density at radius 1 is 1.23 bits per heavy atom. The zero-order chi connectivity index (χ0) is 20.8. The Morgan fingerprint density at radius 3 is 2.87 bits per heavy atom. The number of aryl methyl sites for hydroxylation is 1. The first-order valence-corrected chi connectivity index (χ1v) is 11.5. The molecule has 1 aliphatic heterocycles. The molecule has 0 amide bonds. The zero-order valence-corrected chi connectivity index (χ0v) is 18.5. The van der Waals surface area contributed by atoms with Crippen LogP contribution >= 0.6 is 11.3 Å². The molecular formula is C21H30N8S. The van der Waals surface area contributed by atoms with Crippen LogP contribution in [0.15, 0.2) is 34.8 Å². The summed E-state index contributed by atoms with van der Waals surface area (Å²) in [6, 6.07) is 5.90. The number of aliphatic imine (C=N–C) groups is 1. The lowest BCUT2D eigenvalue weighted by Gasteiger charge is -2.31. The minimum atomic E-state index is 0.580. The summed E-state index contributed by atoms with van der Waals surface area (Å²) >= 11 is 1.78. The largest absolute Gasteiger partial charge is 0.356 e. The lowest BCUT2D eigenvalue weighted by atomic mass is 9.97. The lowest BCUT2D eigenvalue weighted by Crippen LogP contribution is -2.42. The predicted molar refractivity (Wildman–Crippen MR) is 121 cm³/mol. The van der Waals surface area contributed by atoms with E-state index in [1.165, 1.54) is 23.5 Å². The van der Waals surface area contributed by atoms with Gasteiger partial charge < -0.3 is 10.6 Å². The van der Waals surface area contributed by atoms with Gasteiger partial charge in [0.2, 0.25) is 0 Å². The Labute approximate surface area is 181 Å². The van der Waals surface area contributed by atoms with Crippen LogP contribution in [-0.4, -0.2) is 57.1 Å². The van der Waals surface area contributed by atoms with Gasteiger partial charge in [0.05, 0.1) is 17.2 Å². The number of rotatable bonds is 7. The number of fused-ring (bicyclic) bond motifs is 1. The van der Waals surface area contributed by atoms with Gasteiger partial charge in [0.15, 0.2) is 17.4 Å². The Morgan fingerprint density at radius 2 is 2.10 bits per heavy atom. The van der Waals surface area contributed by atoms with E-state index in [1.54, 1.807) is 18.4 Å². The van der Waals surface area contributed by atoms with Gasteiger partial charge in [0, 0.05) is 31.7 Å². The van der Waals surface area contributed by atoms with Crippen molar-refractivity contribution >= 4 is 22.9 Å². The maximum Gasteiger partial charge on any atom is 0.191 e. The standard InChI is InChI=1S/C21H30N8S/c1-3-20-25-17(15-30-20)14-28-10-7-16(8-11-28)12-23-21(22-2)24-13-19-27-26-18-6-4-5-9-29(18)19/h4-6,9,15-16H,3,7-8,10-14H2,1-2H3,(H2,22,23,24). The number of thiazole rings is 1. The summed E-state index contributed by atoms with van der Waals surface area (Å²) in [5.74, 6) is 2.34. The molecule has 1 saturated heterocycles. The van der Waals surface area contributed by atoms with E-state index >= 15 is 0 Å². The Balaban J connectivity index is 1.19. The Kier molecular flexibility index (Phi) is 6.91. The average Bonchev–Trinajstić information content (AvgIpc) is 3.42. The maximum absolute atomic E-state index is 4.70. The molecule has 2 N–H and O–H groups in total. The minimum Gasteiger partial charge on any atom is -0.356 e. The monoisotopic (exact) mass is 426 g/mol. The van der Waals surface area contributed by atoms with Crippen molar-refractivity contribution in [3.05, 3.63) is 46.3 Å². The van der Waals surface area contributed by atoms with Gasteiger partial charge in [0.25, 0.3) is 0 Å². The van der Waals surface area contributed by atoms with Crippen molar-refractivity contribution in [2.75, 3.05) is 26.7 Å². The minimum absolute atomic E-state index is 0.580. The number of pyridine rings is 1. The normalized spacial score (nSPS) is 16.3. The average molecular weight is 427 g/mol. The summed E-state index contributed by atoms with van der Waals surface area (Å²) in [5, 5.41) is 18.7. The number of hydrogen-bond donors (Lipinski definition) is 2.